The van der Waals surface area contributed by atoms with E-state index in [1.54, 1.807) is 25.2 Å². The maximum atomic E-state index is 13.8. The Labute approximate surface area is 171 Å². The van der Waals surface area contributed by atoms with E-state index >= 15 is 0 Å². The number of rotatable bonds is 6. The zero-order chi connectivity index (χ0) is 20.6. The third kappa shape index (κ3) is 6.12. The molecule has 1 fully saturated rings. The number of nitrogens with one attached hydrogen (secondary N) is 1. The molecule has 0 bridgehead atoms. The summed E-state index contributed by atoms with van der Waals surface area (Å²) in [5.41, 5.74) is 1.34. The van der Waals surface area contributed by atoms with Gasteiger partial charge < -0.3 is 15.1 Å². The number of amides is 2. The molecular formula is C23H28FN3O2. The summed E-state index contributed by atoms with van der Waals surface area (Å²) in [6.07, 6.45) is 2.74. The summed E-state index contributed by atoms with van der Waals surface area (Å²) in [6, 6.07) is 15.9. The van der Waals surface area contributed by atoms with E-state index in [9.17, 15) is 14.0 Å². The third-order valence-electron chi connectivity index (χ3n) is 5.36. The predicted octanol–water partition coefficient (Wildman–Crippen LogP) is 3.18. The van der Waals surface area contributed by atoms with Crippen molar-refractivity contribution in [3.8, 4) is 0 Å². The summed E-state index contributed by atoms with van der Waals surface area (Å²) in [4.78, 5) is 28.4. The smallest absolute Gasteiger partial charge is 0.313 e. The Hall–Kier alpha value is -2.73. The van der Waals surface area contributed by atoms with Gasteiger partial charge in [-0.25, -0.2) is 4.39 Å². The molecule has 5 nitrogen and oxygen atoms in total. The van der Waals surface area contributed by atoms with Gasteiger partial charge in [-0.05, 0) is 55.5 Å². The van der Waals surface area contributed by atoms with Crippen LogP contribution >= 0.6 is 0 Å². The first-order valence-corrected chi connectivity index (χ1v) is 10.1. The van der Waals surface area contributed by atoms with Crippen LogP contribution in [0.3, 0.4) is 0 Å². The molecule has 0 spiro atoms. The number of carbonyl (C=O) groups excluding carboxylic acids is 2. The molecule has 29 heavy (non-hydrogen) atoms. The number of hydrogen-bond donors (Lipinski definition) is 1. The summed E-state index contributed by atoms with van der Waals surface area (Å²) in [7, 11) is 1.67. The second-order valence-corrected chi connectivity index (χ2v) is 7.66. The zero-order valence-electron chi connectivity index (χ0n) is 16.8. The van der Waals surface area contributed by atoms with E-state index in [0.29, 0.717) is 24.6 Å². The highest BCUT2D eigenvalue weighted by Gasteiger charge is 2.25. The molecule has 3 rings (SSSR count). The monoisotopic (exact) mass is 397 g/mol. The number of benzene rings is 2. The van der Waals surface area contributed by atoms with Crippen LogP contribution in [0.2, 0.25) is 0 Å². The van der Waals surface area contributed by atoms with Crippen molar-refractivity contribution in [2.75, 3.05) is 38.5 Å². The maximum Gasteiger partial charge on any atom is 0.313 e. The van der Waals surface area contributed by atoms with Crippen LogP contribution in [0.15, 0.2) is 54.6 Å². The normalized spacial score (nSPS) is 17.0. The van der Waals surface area contributed by atoms with Crippen molar-refractivity contribution < 1.29 is 14.0 Å². The van der Waals surface area contributed by atoms with Gasteiger partial charge >= 0.3 is 11.8 Å². The van der Waals surface area contributed by atoms with E-state index in [1.165, 1.54) is 11.0 Å². The van der Waals surface area contributed by atoms with E-state index in [1.807, 2.05) is 30.3 Å². The lowest BCUT2D eigenvalue weighted by molar-refractivity contribution is -0.142. The number of likely N-dealkylation sites (tertiary alicyclic amines) is 1. The van der Waals surface area contributed by atoms with Gasteiger partial charge in [0.05, 0.1) is 0 Å². The topological polar surface area (TPSA) is 52.7 Å². The van der Waals surface area contributed by atoms with Crippen molar-refractivity contribution in [1.82, 2.24) is 9.80 Å². The summed E-state index contributed by atoms with van der Waals surface area (Å²) in [5, 5.41) is 2.64. The van der Waals surface area contributed by atoms with E-state index in [0.717, 1.165) is 38.0 Å². The lowest BCUT2D eigenvalue weighted by Crippen LogP contribution is -2.44. The molecule has 1 saturated heterocycles. The van der Waals surface area contributed by atoms with Gasteiger partial charge in [-0.3, -0.25) is 9.59 Å². The van der Waals surface area contributed by atoms with Crippen molar-refractivity contribution >= 4 is 17.5 Å². The predicted molar refractivity (Wildman–Crippen MR) is 112 cm³/mol. The number of hydrogen-bond acceptors (Lipinski definition) is 3. The lowest BCUT2D eigenvalue weighted by Gasteiger charge is -2.34. The van der Waals surface area contributed by atoms with Crippen LogP contribution < -0.4 is 5.32 Å². The van der Waals surface area contributed by atoms with E-state index in [2.05, 4.69) is 10.2 Å². The van der Waals surface area contributed by atoms with Crippen LogP contribution in [0.5, 0.6) is 0 Å². The second-order valence-electron chi connectivity index (χ2n) is 7.66. The molecule has 1 heterocycles. The first-order valence-electron chi connectivity index (χ1n) is 10.1. The fourth-order valence-corrected chi connectivity index (χ4v) is 3.83. The van der Waals surface area contributed by atoms with Crippen molar-refractivity contribution in [3.05, 3.63) is 66.0 Å². The molecule has 0 saturated carbocycles. The Bertz CT molecular complexity index is 828. The molecular weight excluding hydrogens is 369 g/mol. The Morgan fingerprint density at radius 1 is 1.14 bits per heavy atom. The Morgan fingerprint density at radius 2 is 1.86 bits per heavy atom. The maximum absolute atomic E-state index is 13.8. The summed E-state index contributed by atoms with van der Waals surface area (Å²) >= 11 is 0. The van der Waals surface area contributed by atoms with Crippen LogP contribution in [0.25, 0.3) is 0 Å². The van der Waals surface area contributed by atoms with Gasteiger partial charge in [0.1, 0.15) is 5.82 Å². The average molecular weight is 397 g/mol. The van der Waals surface area contributed by atoms with Crippen LogP contribution in [0.4, 0.5) is 10.1 Å². The van der Waals surface area contributed by atoms with Gasteiger partial charge in [-0.1, -0.05) is 36.4 Å². The minimum atomic E-state index is -0.620. The fourth-order valence-electron chi connectivity index (χ4n) is 3.83. The molecule has 0 aliphatic carbocycles. The Kier molecular flexibility index (Phi) is 7.36. The van der Waals surface area contributed by atoms with Crippen molar-refractivity contribution in [3.63, 3.8) is 0 Å². The van der Waals surface area contributed by atoms with Crippen LogP contribution in [0, 0.1) is 11.7 Å². The number of anilines is 1. The summed E-state index contributed by atoms with van der Waals surface area (Å²) in [6.45, 7) is 3.17. The molecule has 1 aliphatic rings. The second kappa shape index (κ2) is 10.2. The standard InChI is InChI=1S/C23H28FN3O2/c1-26(23(29)22(28)25-20-10-3-2-4-11-20)16-18-8-7-14-27(17-18)15-13-19-9-5-6-12-21(19)24/h2-6,9-12,18H,7-8,13-17H2,1H3,(H,25,28)/t18-/m0/s1. The molecule has 1 atom stereocenters. The highest BCUT2D eigenvalue weighted by molar-refractivity contribution is 6.39. The molecule has 0 radical (unpaired) electrons. The van der Waals surface area contributed by atoms with Crippen molar-refractivity contribution in [2.24, 2.45) is 5.92 Å². The fraction of sp³-hybridized carbons (Fsp3) is 0.391. The highest BCUT2D eigenvalue weighted by Crippen LogP contribution is 2.18. The summed E-state index contributed by atoms with van der Waals surface area (Å²) in [5.74, 6) is -0.998. The zero-order valence-corrected chi connectivity index (χ0v) is 16.8. The Morgan fingerprint density at radius 3 is 2.62 bits per heavy atom. The molecule has 0 unspecified atom stereocenters. The molecule has 154 valence electrons. The molecule has 2 aromatic rings. The number of nitrogens with zero attached hydrogens (tertiary/aromatic N) is 2. The number of piperidine rings is 1. The number of likely N-dealkylation sites (N-methyl/N-ethyl adjacent to an activating group) is 1. The number of halogens is 1. The van der Waals surface area contributed by atoms with E-state index < -0.39 is 11.8 Å². The first-order chi connectivity index (χ1) is 14.0. The van der Waals surface area contributed by atoms with Crippen LogP contribution in [-0.4, -0.2) is 54.8 Å². The largest absolute Gasteiger partial charge is 0.337 e. The summed E-state index contributed by atoms with van der Waals surface area (Å²) < 4.78 is 13.8. The highest BCUT2D eigenvalue weighted by atomic mass is 19.1. The first kappa shape index (κ1) is 21.0. The third-order valence-corrected chi connectivity index (χ3v) is 5.36. The van der Waals surface area contributed by atoms with Gasteiger partial charge in [0, 0.05) is 32.4 Å². The van der Waals surface area contributed by atoms with Gasteiger partial charge in [0.2, 0.25) is 0 Å². The quantitative estimate of drug-likeness (QED) is 0.762. The van der Waals surface area contributed by atoms with Gasteiger partial charge in [-0.2, -0.15) is 0 Å². The molecule has 2 amide bonds. The average Bonchev–Trinajstić information content (AvgIpc) is 2.73. The van der Waals surface area contributed by atoms with Crippen LogP contribution in [-0.2, 0) is 16.0 Å². The number of para-hydroxylation sites is 1. The molecule has 6 heteroatoms. The van der Waals surface area contributed by atoms with E-state index in [4.69, 9.17) is 0 Å². The Balaban J connectivity index is 1.47. The van der Waals surface area contributed by atoms with E-state index in [-0.39, 0.29) is 5.82 Å². The van der Waals surface area contributed by atoms with Gasteiger partial charge in [0.25, 0.3) is 0 Å². The molecule has 2 aromatic carbocycles. The van der Waals surface area contributed by atoms with Crippen molar-refractivity contribution in [1.29, 1.82) is 0 Å². The minimum absolute atomic E-state index is 0.157. The van der Waals surface area contributed by atoms with Crippen LogP contribution in [0.1, 0.15) is 18.4 Å². The van der Waals surface area contributed by atoms with Crippen molar-refractivity contribution in [2.45, 2.75) is 19.3 Å². The number of carbonyl (C=O) groups is 2. The lowest BCUT2D eigenvalue weighted by atomic mass is 9.97. The molecule has 1 N–H and O–H groups in total. The van der Waals surface area contributed by atoms with Gasteiger partial charge in [0.15, 0.2) is 0 Å². The minimum Gasteiger partial charge on any atom is -0.337 e. The molecule has 0 aromatic heterocycles. The SMILES string of the molecule is CN(C[C@@H]1CCCN(CCc2ccccc2F)C1)C(=O)C(=O)Nc1ccccc1. The van der Waals surface area contributed by atoms with Gasteiger partial charge in [-0.15, -0.1) is 0 Å². The molecule has 1 aliphatic heterocycles.